The Bertz CT molecular complexity index is 1030. The van der Waals surface area contributed by atoms with Crippen LogP contribution in [0.3, 0.4) is 0 Å². The number of benzene rings is 1. The molecule has 3 atom stereocenters. The Labute approximate surface area is 206 Å². The number of hydrogen-bond acceptors (Lipinski definition) is 5. The SMILES string of the molecule is COC(=O)c1ccc(CCCN2C(=O)CC[C@@H]2/C=C/[C@@H](O)[C@H](C)CC#CCc2ccccc2)s1. The highest BCUT2D eigenvalue weighted by atomic mass is 32.1. The standard InChI is InChI=1S/C28H33NO4S/c1-21(9-6-7-12-22-10-4-3-5-11-22)25(30)17-14-23-15-19-27(31)29(23)20-8-13-24-16-18-26(34-24)28(32)33-2/h3-5,10-11,14,16-18,21,23,25,30H,8-9,12-13,15,19-20H2,1-2H3/b17-14+/t21-,23+,25-/m1/s1. The molecule has 180 valence electrons. The van der Waals surface area contributed by atoms with Crippen LogP contribution in [0.4, 0.5) is 0 Å². The van der Waals surface area contributed by atoms with Crippen LogP contribution in [0.25, 0.3) is 0 Å². The molecule has 0 bridgehead atoms. The van der Waals surface area contributed by atoms with E-state index in [-0.39, 0.29) is 23.8 Å². The molecule has 0 aliphatic carbocycles. The molecule has 2 aromatic rings. The van der Waals surface area contributed by atoms with Crippen molar-refractivity contribution in [3.63, 3.8) is 0 Å². The molecule has 3 rings (SSSR count). The van der Waals surface area contributed by atoms with Crippen molar-refractivity contribution in [1.82, 2.24) is 4.90 Å². The maximum Gasteiger partial charge on any atom is 0.348 e. The van der Waals surface area contributed by atoms with Gasteiger partial charge in [0, 0.05) is 30.7 Å². The monoisotopic (exact) mass is 479 g/mol. The number of aryl methyl sites for hydroxylation is 1. The Hall–Kier alpha value is -2.88. The molecule has 5 nitrogen and oxygen atoms in total. The third kappa shape index (κ3) is 7.58. The number of hydrogen-bond donors (Lipinski definition) is 1. The fourth-order valence-corrected chi connectivity index (χ4v) is 4.91. The van der Waals surface area contributed by atoms with Crippen LogP contribution in [0.2, 0.25) is 0 Å². The second-order valence-electron chi connectivity index (χ2n) is 8.63. The maximum atomic E-state index is 12.4. The topological polar surface area (TPSA) is 66.8 Å². The van der Waals surface area contributed by atoms with E-state index >= 15 is 0 Å². The second-order valence-corrected chi connectivity index (χ2v) is 9.80. The number of methoxy groups -OCH3 is 1. The predicted octanol–water partition coefficient (Wildman–Crippen LogP) is 4.65. The Morgan fingerprint density at radius 2 is 2.06 bits per heavy atom. The van der Waals surface area contributed by atoms with Gasteiger partial charge in [0.25, 0.3) is 0 Å². The average Bonchev–Trinajstić information content (AvgIpc) is 3.47. The van der Waals surface area contributed by atoms with E-state index in [0.717, 1.165) is 24.1 Å². The molecular formula is C28H33NO4S. The van der Waals surface area contributed by atoms with Crippen LogP contribution < -0.4 is 0 Å². The summed E-state index contributed by atoms with van der Waals surface area (Å²) in [6.45, 7) is 2.66. The normalized spacial score (nSPS) is 17.4. The first-order chi connectivity index (χ1) is 16.5. The van der Waals surface area contributed by atoms with Crippen molar-refractivity contribution >= 4 is 23.2 Å². The van der Waals surface area contributed by atoms with Gasteiger partial charge < -0.3 is 14.7 Å². The number of likely N-dealkylation sites (tertiary alicyclic amines) is 1. The number of aliphatic hydroxyl groups excluding tert-OH is 1. The number of ether oxygens (including phenoxy) is 1. The molecule has 0 saturated carbocycles. The van der Waals surface area contributed by atoms with Crippen molar-refractivity contribution in [1.29, 1.82) is 0 Å². The summed E-state index contributed by atoms with van der Waals surface area (Å²) in [5.74, 6) is 6.23. The van der Waals surface area contributed by atoms with Crippen LogP contribution in [-0.2, 0) is 22.4 Å². The number of thiophene rings is 1. The lowest BCUT2D eigenvalue weighted by atomic mass is 9.99. The van der Waals surface area contributed by atoms with Crippen LogP contribution in [0.15, 0.2) is 54.6 Å². The molecule has 0 radical (unpaired) electrons. The number of carbonyl (C=O) groups excluding carboxylic acids is 2. The van der Waals surface area contributed by atoms with Crippen molar-refractivity contribution in [2.75, 3.05) is 13.7 Å². The van der Waals surface area contributed by atoms with Gasteiger partial charge in [-0.25, -0.2) is 4.79 Å². The van der Waals surface area contributed by atoms with Crippen molar-refractivity contribution in [2.45, 2.75) is 57.6 Å². The van der Waals surface area contributed by atoms with Crippen LogP contribution in [-0.4, -0.2) is 47.7 Å². The lowest BCUT2D eigenvalue weighted by molar-refractivity contribution is -0.128. The first-order valence-corrected chi connectivity index (χ1v) is 12.6. The highest BCUT2D eigenvalue weighted by Crippen LogP contribution is 2.23. The van der Waals surface area contributed by atoms with E-state index in [0.29, 0.717) is 30.7 Å². The highest BCUT2D eigenvalue weighted by molar-refractivity contribution is 7.13. The van der Waals surface area contributed by atoms with Crippen LogP contribution in [0.5, 0.6) is 0 Å². The van der Waals surface area contributed by atoms with Gasteiger partial charge in [-0.3, -0.25) is 4.79 Å². The summed E-state index contributed by atoms with van der Waals surface area (Å²) in [4.78, 5) is 27.6. The van der Waals surface area contributed by atoms with E-state index in [2.05, 4.69) is 24.0 Å². The Kier molecular flexibility index (Phi) is 9.93. The van der Waals surface area contributed by atoms with Crippen molar-refractivity contribution in [3.05, 3.63) is 69.9 Å². The number of nitrogens with zero attached hydrogens (tertiary/aromatic N) is 1. The predicted molar refractivity (Wildman–Crippen MR) is 136 cm³/mol. The zero-order valence-corrected chi connectivity index (χ0v) is 20.7. The minimum Gasteiger partial charge on any atom is -0.465 e. The van der Waals surface area contributed by atoms with Gasteiger partial charge in [0.05, 0.1) is 19.3 Å². The first-order valence-electron chi connectivity index (χ1n) is 11.8. The minimum absolute atomic E-state index is 0.0208. The van der Waals surface area contributed by atoms with Gasteiger partial charge in [-0.2, -0.15) is 0 Å². The average molecular weight is 480 g/mol. The van der Waals surface area contributed by atoms with Gasteiger partial charge in [-0.15, -0.1) is 17.3 Å². The Balaban J connectivity index is 1.44. The number of esters is 1. The van der Waals surface area contributed by atoms with Gasteiger partial charge in [0.2, 0.25) is 5.91 Å². The highest BCUT2D eigenvalue weighted by Gasteiger charge is 2.28. The molecule has 0 unspecified atom stereocenters. The summed E-state index contributed by atoms with van der Waals surface area (Å²) < 4.78 is 4.76. The molecule has 1 N–H and O–H groups in total. The number of carbonyl (C=O) groups is 2. The zero-order chi connectivity index (χ0) is 24.3. The van der Waals surface area contributed by atoms with E-state index in [9.17, 15) is 14.7 Å². The summed E-state index contributed by atoms with van der Waals surface area (Å²) in [6.07, 6.45) is 7.50. The zero-order valence-electron chi connectivity index (χ0n) is 19.9. The molecule has 1 aliphatic rings. The van der Waals surface area contributed by atoms with Gasteiger partial charge in [-0.1, -0.05) is 55.3 Å². The van der Waals surface area contributed by atoms with E-state index in [1.54, 1.807) is 6.07 Å². The maximum absolute atomic E-state index is 12.4. The number of rotatable bonds is 10. The second kappa shape index (κ2) is 13.1. The van der Waals surface area contributed by atoms with Gasteiger partial charge in [-0.05, 0) is 42.9 Å². The molecule has 1 aromatic carbocycles. The Morgan fingerprint density at radius 3 is 2.82 bits per heavy atom. The summed E-state index contributed by atoms with van der Waals surface area (Å²) in [5.41, 5.74) is 1.19. The first kappa shape index (κ1) is 25.7. The van der Waals surface area contributed by atoms with Gasteiger partial charge in [0.15, 0.2) is 0 Å². The van der Waals surface area contributed by atoms with E-state index in [4.69, 9.17) is 4.74 Å². The van der Waals surface area contributed by atoms with Gasteiger partial charge >= 0.3 is 5.97 Å². The lowest BCUT2D eigenvalue weighted by Crippen LogP contribution is -2.33. The molecule has 2 heterocycles. The Morgan fingerprint density at radius 1 is 1.26 bits per heavy atom. The lowest BCUT2D eigenvalue weighted by Gasteiger charge is -2.23. The fourth-order valence-electron chi connectivity index (χ4n) is 3.94. The molecule has 1 amide bonds. The number of aliphatic hydroxyl groups is 1. The quantitative estimate of drug-likeness (QED) is 0.306. The number of amides is 1. The fraction of sp³-hybridized carbons (Fsp3) is 0.429. The summed E-state index contributed by atoms with van der Waals surface area (Å²) in [7, 11) is 1.38. The summed E-state index contributed by atoms with van der Waals surface area (Å²) in [6, 6.07) is 13.9. The van der Waals surface area contributed by atoms with E-state index in [1.165, 1.54) is 24.0 Å². The molecule has 0 spiro atoms. The van der Waals surface area contributed by atoms with E-state index < -0.39 is 6.10 Å². The third-order valence-corrected chi connectivity index (χ3v) is 7.17. The smallest absolute Gasteiger partial charge is 0.348 e. The van der Waals surface area contributed by atoms with Crippen LogP contribution in [0.1, 0.15) is 52.7 Å². The van der Waals surface area contributed by atoms with E-state index in [1.807, 2.05) is 48.2 Å². The van der Waals surface area contributed by atoms with Crippen molar-refractivity contribution in [2.24, 2.45) is 5.92 Å². The third-order valence-electron chi connectivity index (χ3n) is 6.04. The minimum atomic E-state index is -0.591. The molecule has 1 aliphatic heterocycles. The summed E-state index contributed by atoms with van der Waals surface area (Å²) in [5, 5.41) is 10.5. The van der Waals surface area contributed by atoms with Crippen LogP contribution in [0, 0.1) is 17.8 Å². The van der Waals surface area contributed by atoms with Crippen molar-refractivity contribution in [3.8, 4) is 11.8 Å². The molecule has 1 aromatic heterocycles. The van der Waals surface area contributed by atoms with Crippen LogP contribution >= 0.6 is 11.3 Å². The summed E-state index contributed by atoms with van der Waals surface area (Å²) >= 11 is 1.44. The molecule has 34 heavy (non-hydrogen) atoms. The molecule has 1 saturated heterocycles. The molecule has 1 fully saturated rings. The molecule has 6 heteroatoms. The molecular weight excluding hydrogens is 446 g/mol. The largest absolute Gasteiger partial charge is 0.465 e. The van der Waals surface area contributed by atoms with Crippen molar-refractivity contribution < 1.29 is 19.4 Å². The van der Waals surface area contributed by atoms with Gasteiger partial charge in [0.1, 0.15) is 4.88 Å².